The van der Waals surface area contributed by atoms with Gasteiger partial charge in [-0.1, -0.05) is 6.92 Å². The summed E-state index contributed by atoms with van der Waals surface area (Å²) in [7, 11) is 0. The molecule has 3 fully saturated rings. The van der Waals surface area contributed by atoms with Crippen LogP contribution >= 0.6 is 0 Å². The van der Waals surface area contributed by atoms with Gasteiger partial charge in [0.15, 0.2) is 0 Å². The molecular weight excluding hydrogens is 542 g/mol. The highest BCUT2D eigenvalue weighted by Crippen LogP contribution is 2.39. The Labute approximate surface area is 249 Å². The summed E-state index contributed by atoms with van der Waals surface area (Å²) in [4.78, 5) is 36.2. The number of hydrogen-bond acceptors (Lipinski definition) is 8. The van der Waals surface area contributed by atoms with Gasteiger partial charge in [0, 0.05) is 48.6 Å². The summed E-state index contributed by atoms with van der Waals surface area (Å²) < 4.78 is 3.60. The number of nitrogens with zero attached hydrogens (tertiary/aromatic N) is 8. The average Bonchev–Trinajstić information content (AvgIpc) is 3.66. The van der Waals surface area contributed by atoms with Crippen molar-refractivity contribution in [1.29, 1.82) is 5.26 Å². The number of amides is 1. The van der Waals surface area contributed by atoms with Crippen LogP contribution in [0.4, 0.5) is 5.82 Å². The molecule has 220 valence electrons. The van der Waals surface area contributed by atoms with Crippen molar-refractivity contribution in [2.24, 2.45) is 11.3 Å². The van der Waals surface area contributed by atoms with E-state index in [1.807, 2.05) is 29.2 Å². The lowest BCUT2D eigenvalue weighted by Crippen LogP contribution is -2.52. The van der Waals surface area contributed by atoms with Crippen molar-refractivity contribution in [2.75, 3.05) is 18.0 Å². The van der Waals surface area contributed by atoms with Crippen LogP contribution in [0.2, 0.25) is 0 Å². The molecule has 1 saturated heterocycles. The van der Waals surface area contributed by atoms with Crippen LogP contribution in [-0.2, 0) is 9.59 Å². The second kappa shape index (κ2) is 10.9. The SMILES string of the molecule is CCC1(C(=O)NC2CCC2)CCN(c2ccc(-c3nc(-c4cnn(C5CC(C=O)C5)c4)cn4ncc(C#N)c34)cn2)CC1. The van der Waals surface area contributed by atoms with E-state index in [1.165, 1.54) is 6.42 Å². The number of carbonyl (C=O) groups is 2. The zero-order chi connectivity index (χ0) is 29.6. The maximum Gasteiger partial charge on any atom is 0.226 e. The van der Waals surface area contributed by atoms with E-state index in [-0.39, 0.29) is 23.3 Å². The van der Waals surface area contributed by atoms with Crippen LogP contribution in [0.3, 0.4) is 0 Å². The van der Waals surface area contributed by atoms with E-state index in [2.05, 4.69) is 33.4 Å². The number of fused-ring (bicyclic) bond motifs is 1. The maximum absolute atomic E-state index is 13.1. The lowest BCUT2D eigenvalue weighted by Gasteiger charge is -2.42. The Morgan fingerprint density at radius 2 is 1.93 bits per heavy atom. The average molecular weight is 578 g/mol. The fourth-order valence-corrected chi connectivity index (χ4v) is 6.57. The summed E-state index contributed by atoms with van der Waals surface area (Å²) in [6.07, 6.45) is 17.4. The highest BCUT2D eigenvalue weighted by molar-refractivity contribution is 5.84. The highest BCUT2D eigenvalue weighted by Gasteiger charge is 2.41. The number of rotatable bonds is 8. The molecule has 4 aromatic heterocycles. The lowest BCUT2D eigenvalue weighted by atomic mass is 9.74. The van der Waals surface area contributed by atoms with Crippen molar-refractivity contribution >= 4 is 23.5 Å². The summed E-state index contributed by atoms with van der Waals surface area (Å²) in [6, 6.07) is 6.79. The van der Waals surface area contributed by atoms with E-state index < -0.39 is 0 Å². The number of piperidine rings is 1. The first-order chi connectivity index (χ1) is 21.0. The Balaban J connectivity index is 1.12. The molecule has 0 radical (unpaired) electrons. The summed E-state index contributed by atoms with van der Waals surface area (Å²) >= 11 is 0. The van der Waals surface area contributed by atoms with Gasteiger partial charge < -0.3 is 15.0 Å². The normalized spacial score (nSPS) is 21.5. The molecule has 0 bridgehead atoms. The third-order valence-corrected chi connectivity index (χ3v) is 9.90. The van der Waals surface area contributed by atoms with E-state index in [0.717, 1.165) is 81.3 Å². The van der Waals surface area contributed by atoms with Crippen LogP contribution in [0, 0.1) is 22.7 Å². The van der Waals surface area contributed by atoms with Gasteiger partial charge in [-0.2, -0.15) is 15.5 Å². The van der Waals surface area contributed by atoms with E-state index in [0.29, 0.717) is 28.5 Å². The number of nitriles is 1. The zero-order valence-corrected chi connectivity index (χ0v) is 24.3. The van der Waals surface area contributed by atoms with Gasteiger partial charge in [-0.3, -0.25) is 9.48 Å². The molecule has 1 aliphatic heterocycles. The molecule has 1 amide bonds. The van der Waals surface area contributed by atoms with Gasteiger partial charge in [0.25, 0.3) is 0 Å². The monoisotopic (exact) mass is 577 g/mol. The number of aromatic nitrogens is 6. The van der Waals surface area contributed by atoms with Gasteiger partial charge in [0.1, 0.15) is 29.3 Å². The second-order valence-electron chi connectivity index (χ2n) is 12.3. The predicted molar refractivity (Wildman–Crippen MR) is 160 cm³/mol. The van der Waals surface area contributed by atoms with Crippen molar-refractivity contribution in [3.05, 3.63) is 48.7 Å². The molecule has 7 rings (SSSR count). The minimum atomic E-state index is -0.305. The molecule has 3 aliphatic rings. The number of nitrogens with one attached hydrogen (secondary N) is 1. The fourth-order valence-electron chi connectivity index (χ4n) is 6.57. The first kappa shape index (κ1) is 27.3. The summed E-state index contributed by atoms with van der Waals surface area (Å²) in [5, 5.41) is 22.0. The van der Waals surface area contributed by atoms with Crippen molar-refractivity contribution in [3.63, 3.8) is 0 Å². The molecule has 43 heavy (non-hydrogen) atoms. The van der Waals surface area contributed by atoms with E-state index in [9.17, 15) is 14.9 Å². The van der Waals surface area contributed by atoms with Gasteiger partial charge in [-0.25, -0.2) is 14.5 Å². The van der Waals surface area contributed by atoms with Gasteiger partial charge in [-0.15, -0.1) is 0 Å². The van der Waals surface area contributed by atoms with E-state index >= 15 is 0 Å². The molecule has 11 heteroatoms. The molecule has 4 aromatic rings. The van der Waals surface area contributed by atoms with E-state index in [1.54, 1.807) is 23.1 Å². The zero-order valence-electron chi connectivity index (χ0n) is 24.3. The van der Waals surface area contributed by atoms with Crippen LogP contribution in [0.25, 0.3) is 28.0 Å². The highest BCUT2D eigenvalue weighted by atomic mass is 16.2. The maximum atomic E-state index is 13.1. The van der Waals surface area contributed by atoms with Gasteiger partial charge in [0.05, 0.1) is 41.4 Å². The molecule has 5 heterocycles. The standard InChI is InChI=1S/C32H35N9O2/c1-2-32(31(43)37-25-4-3-5-25)8-10-39(11-9-32)28-7-6-22(15-34-28)29-30-23(14-33)16-36-41(30)19-27(38-29)24-17-35-40(18-24)26-12-21(13-26)20-42/h6-7,15-21,25-26H,2-5,8-13H2,1H3,(H,37,43). The van der Waals surface area contributed by atoms with Gasteiger partial charge in [0.2, 0.25) is 5.91 Å². The van der Waals surface area contributed by atoms with Crippen LogP contribution in [-0.4, -0.2) is 60.7 Å². The van der Waals surface area contributed by atoms with Gasteiger partial charge in [-0.05, 0) is 63.5 Å². The van der Waals surface area contributed by atoms with Crippen LogP contribution in [0.5, 0.6) is 0 Å². The number of carbonyl (C=O) groups excluding carboxylic acids is 2. The largest absolute Gasteiger partial charge is 0.357 e. The molecule has 11 nitrogen and oxygen atoms in total. The number of aldehydes is 1. The third kappa shape index (κ3) is 4.84. The Bertz CT molecular complexity index is 1700. The number of hydrogen-bond donors (Lipinski definition) is 1. The van der Waals surface area contributed by atoms with Crippen molar-refractivity contribution in [3.8, 4) is 28.6 Å². The first-order valence-corrected chi connectivity index (χ1v) is 15.3. The van der Waals surface area contributed by atoms with Crippen molar-refractivity contribution in [1.82, 2.24) is 34.7 Å². The van der Waals surface area contributed by atoms with E-state index in [4.69, 9.17) is 9.97 Å². The number of anilines is 1. The lowest BCUT2D eigenvalue weighted by molar-refractivity contribution is -0.134. The Kier molecular flexibility index (Phi) is 6.92. The minimum absolute atomic E-state index is 0.109. The first-order valence-electron chi connectivity index (χ1n) is 15.3. The summed E-state index contributed by atoms with van der Waals surface area (Å²) in [5.74, 6) is 1.19. The Morgan fingerprint density at radius 1 is 1.12 bits per heavy atom. The topological polar surface area (TPSA) is 134 Å². The Morgan fingerprint density at radius 3 is 2.58 bits per heavy atom. The minimum Gasteiger partial charge on any atom is -0.357 e. The molecule has 0 unspecified atom stereocenters. The van der Waals surface area contributed by atoms with Crippen LogP contribution in [0.15, 0.2) is 43.1 Å². The summed E-state index contributed by atoms with van der Waals surface area (Å²) in [5.41, 5.74) is 3.70. The van der Waals surface area contributed by atoms with Gasteiger partial charge >= 0.3 is 0 Å². The molecule has 0 spiro atoms. The van der Waals surface area contributed by atoms with Crippen LogP contribution < -0.4 is 10.2 Å². The Hall–Kier alpha value is -4.59. The summed E-state index contributed by atoms with van der Waals surface area (Å²) in [6.45, 7) is 3.67. The molecule has 0 aromatic carbocycles. The smallest absolute Gasteiger partial charge is 0.226 e. The molecule has 2 saturated carbocycles. The second-order valence-corrected chi connectivity index (χ2v) is 12.3. The molecule has 0 atom stereocenters. The predicted octanol–water partition coefficient (Wildman–Crippen LogP) is 4.34. The molecule has 2 aliphatic carbocycles. The third-order valence-electron chi connectivity index (χ3n) is 9.90. The van der Waals surface area contributed by atoms with Crippen LogP contribution in [0.1, 0.15) is 69.9 Å². The van der Waals surface area contributed by atoms with Crippen molar-refractivity contribution in [2.45, 2.75) is 70.4 Å². The number of pyridine rings is 1. The van der Waals surface area contributed by atoms with Crippen molar-refractivity contribution < 1.29 is 9.59 Å². The molecular formula is C32H35N9O2. The molecule has 1 N–H and O–H groups in total. The quantitative estimate of drug-likeness (QED) is 0.306. The fraction of sp³-hybridized carbons (Fsp3) is 0.469.